The summed E-state index contributed by atoms with van der Waals surface area (Å²) in [5, 5.41) is 0. The van der Waals surface area contributed by atoms with Gasteiger partial charge in [-0.25, -0.2) is 4.39 Å². The molecule has 0 aliphatic carbocycles. The lowest BCUT2D eigenvalue weighted by Gasteiger charge is -2.22. The summed E-state index contributed by atoms with van der Waals surface area (Å²) in [7, 11) is 0. The van der Waals surface area contributed by atoms with E-state index >= 15 is 0 Å². The number of amides is 1. The molecule has 4 heteroatoms. The van der Waals surface area contributed by atoms with Gasteiger partial charge >= 0.3 is 0 Å². The lowest BCUT2D eigenvalue weighted by molar-refractivity contribution is 0.0987. The van der Waals surface area contributed by atoms with Crippen molar-refractivity contribution in [1.82, 2.24) is 0 Å². The number of anilines is 2. The molecule has 20 heavy (non-hydrogen) atoms. The fourth-order valence-corrected chi connectivity index (χ4v) is 2.11. The number of hydrogen-bond donors (Lipinski definition) is 1. The van der Waals surface area contributed by atoms with E-state index in [4.69, 9.17) is 5.73 Å². The van der Waals surface area contributed by atoms with E-state index in [1.54, 1.807) is 36.4 Å². The van der Waals surface area contributed by atoms with Crippen molar-refractivity contribution in [2.24, 2.45) is 0 Å². The third kappa shape index (κ3) is 2.64. The Morgan fingerprint density at radius 1 is 1.25 bits per heavy atom. The molecule has 2 rings (SSSR count). The molecule has 104 valence electrons. The quantitative estimate of drug-likeness (QED) is 0.871. The van der Waals surface area contributed by atoms with Crippen molar-refractivity contribution in [3.63, 3.8) is 0 Å². The number of halogens is 1. The van der Waals surface area contributed by atoms with Gasteiger partial charge in [0.1, 0.15) is 5.82 Å². The average Bonchev–Trinajstić information content (AvgIpc) is 2.44. The molecule has 0 atom stereocenters. The Hall–Kier alpha value is -2.36. The van der Waals surface area contributed by atoms with Crippen LogP contribution in [-0.4, -0.2) is 12.5 Å². The number of nitrogens with zero attached hydrogens (tertiary/aromatic N) is 1. The second-order valence-corrected chi connectivity index (χ2v) is 4.58. The summed E-state index contributed by atoms with van der Waals surface area (Å²) in [6, 6.07) is 11.4. The van der Waals surface area contributed by atoms with Crippen molar-refractivity contribution in [2.75, 3.05) is 17.2 Å². The molecule has 0 bridgehead atoms. The molecule has 0 unspecified atom stereocenters. The van der Waals surface area contributed by atoms with Crippen LogP contribution in [0.15, 0.2) is 42.5 Å². The Balaban J connectivity index is 2.45. The fourth-order valence-electron chi connectivity index (χ4n) is 2.11. The molecular formula is C16H17FN2O. The predicted molar refractivity (Wildman–Crippen MR) is 79.3 cm³/mol. The summed E-state index contributed by atoms with van der Waals surface area (Å²) in [6.45, 7) is 4.03. The molecule has 0 fully saturated rings. The zero-order chi connectivity index (χ0) is 14.7. The Bertz CT molecular complexity index is 640. The molecule has 0 aliphatic heterocycles. The van der Waals surface area contributed by atoms with E-state index in [2.05, 4.69) is 0 Å². The molecule has 0 aromatic heterocycles. The van der Waals surface area contributed by atoms with E-state index in [1.165, 1.54) is 11.0 Å². The van der Waals surface area contributed by atoms with Crippen LogP contribution in [-0.2, 0) is 0 Å². The maximum Gasteiger partial charge on any atom is 0.258 e. The predicted octanol–water partition coefficient (Wildman–Crippen LogP) is 3.38. The number of carbonyl (C=O) groups excluding carboxylic acids is 1. The van der Waals surface area contributed by atoms with Crippen molar-refractivity contribution < 1.29 is 9.18 Å². The van der Waals surface area contributed by atoms with Crippen molar-refractivity contribution in [3.05, 3.63) is 59.4 Å². The third-order valence-corrected chi connectivity index (χ3v) is 3.20. The van der Waals surface area contributed by atoms with Crippen LogP contribution in [0.4, 0.5) is 15.8 Å². The second kappa shape index (κ2) is 5.74. The Morgan fingerprint density at radius 2 is 1.95 bits per heavy atom. The van der Waals surface area contributed by atoms with Crippen LogP contribution in [0.5, 0.6) is 0 Å². The van der Waals surface area contributed by atoms with Crippen LogP contribution in [0.25, 0.3) is 0 Å². The van der Waals surface area contributed by atoms with E-state index in [0.717, 1.165) is 5.56 Å². The van der Waals surface area contributed by atoms with E-state index in [0.29, 0.717) is 17.8 Å². The van der Waals surface area contributed by atoms with Gasteiger partial charge in [0.15, 0.2) is 0 Å². The molecule has 1 amide bonds. The summed E-state index contributed by atoms with van der Waals surface area (Å²) in [5.74, 6) is -0.661. The van der Waals surface area contributed by atoms with Crippen LogP contribution in [0.1, 0.15) is 22.8 Å². The number of para-hydroxylation sites is 1. The summed E-state index contributed by atoms with van der Waals surface area (Å²) in [4.78, 5) is 14.0. The molecule has 0 heterocycles. The van der Waals surface area contributed by atoms with Crippen LogP contribution in [0.2, 0.25) is 0 Å². The molecule has 2 N–H and O–H groups in total. The highest BCUT2D eigenvalue weighted by atomic mass is 19.1. The first-order chi connectivity index (χ1) is 9.54. The largest absolute Gasteiger partial charge is 0.399 e. The standard InChI is InChI=1S/C16H17FN2O/c1-3-19(15-7-5-4-6-14(15)17)16(20)13-10-12(18)9-8-11(13)2/h4-10H,3,18H2,1-2H3. The van der Waals surface area contributed by atoms with Gasteiger partial charge in [-0.05, 0) is 43.7 Å². The molecule has 0 saturated heterocycles. The lowest BCUT2D eigenvalue weighted by atomic mass is 10.1. The van der Waals surface area contributed by atoms with Gasteiger partial charge in [0.2, 0.25) is 0 Å². The minimum atomic E-state index is -0.413. The number of benzene rings is 2. The molecular weight excluding hydrogens is 255 g/mol. The van der Waals surface area contributed by atoms with Gasteiger partial charge in [-0.15, -0.1) is 0 Å². The SMILES string of the molecule is CCN(C(=O)c1cc(N)ccc1C)c1ccccc1F. The first-order valence-electron chi connectivity index (χ1n) is 6.47. The summed E-state index contributed by atoms with van der Waals surface area (Å²) >= 11 is 0. The monoisotopic (exact) mass is 272 g/mol. The maximum atomic E-state index is 13.9. The molecule has 0 spiro atoms. The highest BCUT2D eigenvalue weighted by Gasteiger charge is 2.20. The van der Waals surface area contributed by atoms with Crippen LogP contribution in [0.3, 0.4) is 0 Å². The number of hydrogen-bond acceptors (Lipinski definition) is 2. The van der Waals surface area contributed by atoms with Crippen molar-refractivity contribution in [3.8, 4) is 0 Å². The molecule has 0 saturated carbocycles. The average molecular weight is 272 g/mol. The number of rotatable bonds is 3. The number of nitrogens with two attached hydrogens (primary N) is 1. The van der Waals surface area contributed by atoms with Gasteiger partial charge in [0.05, 0.1) is 5.69 Å². The topological polar surface area (TPSA) is 46.3 Å². The number of nitrogen functional groups attached to an aromatic ring is 1. The van der Waals surface area contributed by atoms with Gasteiger partial charge in [-0.3, -0.25) is 4.79 Å². The number of aryl methyl sites for hydroxylation is 1. The highest BCUT2D eigenvalue weighted by molar-refractivity contribution is 6.07. The number of carbonyl (C=O) groups is 1. The zero-order valence-corrected chi connectivity index (χ0v) is 11.6. The molecule has 0 radical (unpaired) electrons. The van der Waals surface area contributed by atoms with Crippen molar-refractivity contribution in [2.45, 2.75) is 13.8 Å². The van der Waals surface area contributed by atoms with Gasteiger partial charge < -0.3 is 10.6 Å². The first kappa shape index (κ1) is 14.1. The first-order valence-corrected chi connectivity index (χ1v) is 6.47. The third-order valence-electron chi connectivity index (χ3n) is 3.20. The summed E-state index contributed by atoms with van der Waals surface area (Å²) < 4.78 is 13.9. The lowest BCUT2D eigenvalue weighted by Crippen LogP contribution is -2.32. The normalized spacial score (nSPS) is 10.3. The smallest absolute Gasteiger partial charge is 0.258 e. The summed E-state index contributed by atoms with van der Waals surface area (Å²) in [5.41, 5.74) is 7.84. The van der Waals surface area contributed by atoms with Gasteiger partial charge in [0.25, 0.3) is 5.91 Å². The Kier molecular flexibility index (Phi) is 4.03. The maximum absolute atomic E-state index is 13.9. The highest BCUT2D eigenvalue weighted by Crippen LogP contribution is 2.23. The van der Waals surface area contributed by atoms with Gasteiger partial charge in [-0.1, -0.05) is 18.2 Å². The van der Waals surface area contributed by atoms with E-state index in [1.807, 2.05) is 13.8 Å². The second-order valence-electron chi connectivity index (χ2n) is 4.58. The van der Waals surface area contributed by atoms with E-state index in [-0.39, 0.29) is 11.6 Å². The van der Waals surface area contributed by atoms with Crippen LogP contribution in [0, 0.1) is 12.7 Å². The Labute approximate surface area is 117 Å². The molecule has 0 aliphatic rings. The van der Waals surface area contributed by atoms with Crippen LogP contribution < -0.4 is 10.6 Å². The molecule has 3 nitrogen and oxygen atoms in total. The molecule has 2 aromatic carbocycles. The van der Waals surface area contributed by atoms with Gasteiger partial charge in [0, 0.05) is 17.8 Å². The van der Waals surface area contributed by atoms with Crippen molar-refractivity contribution >= 4 is 17.3 Å². The van der Waals surface area contributed by atoms with Crippen molar-refractivity contribution in [1.29, 1.82) is 0 Å². The summed E-state index contributed by atoms with van der Waals surface area (Å²) in [6.07, 6.45) is 0. The fraction of sp³-hybridized carbons (Fsp3) is 0.188. The van der Waals surface area contributed by atoms with Crippen LogP contribution >= 0.6 is 0 Å². The van der Waals surface area contributed by atoms with Gasteiger partial charge in [-0.2, -0.15) is 0 Å². The van der Waals surface area contributed by atoms with E-state index in [9.17, 15) is 9.18 Å². The minimum Gasteiger partial charge on any atom is -0.399 e. The zero-order valence-electron chi connectivity index (χ0n) is 11.6. The van der Waals surface area contributed by atoms with E-state index < -0.39 is 5.82 Å². The molecule has 2 aromatic rings. The Morgan fingerprint density at radius 3 is 2.60 bits per heavy atom. The minimum absolute atomic E-state index is 0.248.